The molecule has 0 rings (SSSR count). The van der Waals surface area contributed by atoms with Crippen LogP contribution in [0, 0.1) is 5.41 Å². The summed E-state index contributed by atoms with van der Waals surface area (Å²) in [6.45, 7) is 12.4. The van der Waals surface area contributed by atoms with Crippen molar-refractivity contribution in [2.24, 2.45) is 5.41 Å². The largest absolute Gasteiger partial charge is 0.479 e. The van der Waals surface area contributed by atoms with E-state index in [2.05, 4.69) is 27.7 Å². The number of carbonyl (C=O) groups is 1. The molecule has 0 aliphatic heterocycles. The molecule has 0 saturated carbocycles. The summed E-state index contributed by atoms with van der Waals surface area (Å²) in [6.07, 6.45) is 7.21. The van der Waals surface area contributed by atoms with Crippen LogP contribution in [-0.2, 0) is 14.6 Å². The standard InChI is InChI=1S/C18H36O4/c1-7-8-9-10-11-12-13-15(16(19)20)21-22-18(5,6)14-17(2,3)4/h15H,7-14H2,1-6H3,(H,19,20). The monoisotopic (exact) mass is 316 g/mol. The first kappa shape index (κ1) is 21.4. The molecule has 0 heterocycles. The minimum Gasteiger partial charge on any atom is -0.479 e. The van der Waals surface area contributed by atoms with E-state index in [0.717, 1.165) is 25.7 Å². The Morgan fingerprint density at radius 1 is 1.00 bits per heavy atom. The molecule has 0 saturated heterocycles. The second-order valence-electron chi connectivity index (χ2n) is 8.06. The molecule has 1 atom stereocenters. The maximum Gasteiger partial charge on any atom is 0.336 e. The van der Waals surface area contributed by atoms with E-state index < -0.39 is 17.7 Å². The summed E-state index contributed by atoms with van der Waals surface area (Å²) in [7, 11) is 0. The Morgan fingerprint density at radius 3 is 2.05 bits per heavy atom. The zero-order chi connectivity index (χ0) is 17.2. The number of unbranched alkanes of at least 4 members (excludes halogenated alkanes) is 5. The van der Waals surface area contributed by atoms with Gasteiger partial charge in [0.1, 0.15) is 0 Å². The van der Waals surface area contributed by atoms with Crippen molar-refractivity contribution in [1.82, 2.24) is 0 Å². The maximum absolute atomic E-state index is 11.3. The molecule has 132 valence electrons. The fraction of sp³-hybridized carbons (Fsp3) is 0.944. The lowest BCUT2D eigenvalue weighted by molar-refractivity contribution is -0.376. The van der Waals surface area contributed by atoms with Crippen molar-refractivity contribution >= 4 is 5.97 Å². The summed E-state index contributed by atoms with van der Waals surface area (Å²) < 4.78 is 0. The predicted molar refractivity (Wildman–Crippen MR) is 89.7 cm³/mol. The predicted octanol–water partition coefficient (Wildman–Crippen LogP) is 5.35. The van der Waals surface area contributed by atoms with Gasteiger partial charge in [0.2, 0.25) is 0 Å². The van der Waals surface area contributed by atoms with Crippen LogP contribution in [0.2, 0.25) is 0 Å². The highest BCUT2D eigenvalue weighted by Crippen LogP contribution is 2.30. The molecular formula is C18H36O4. The number of aliphatic carboxylic acids is 1. The molecule has 0 aliphatic rings. The van der Waals surface area contributed by atoms with E-state index >= 15 is 0 Å². The Labute approximate surface area is 136 Å². The van der Waals surface area contributed by atoms with Crippen LogP contribution in [0.25, 0.3) is 0 Å². The van der Waals surface area contributed by atoms with Crippen LogP contribution in [-0.4, -0.2) is 22.8 Å². The van der Waals surface area contributed by atoms with Crippen molar-refractivity contribution < 1.29 is 19.7 Å². The Balaban J connectivity index is 4.11. The van der Waals surface area contributed by atoms with Gasteiger partial charge in [0.05, 0.1) is 5.60 Å². The minimum atomic E-state index is -0.944. The molecule has 0 spiro atoms. The fourth-order valence-electron chi connectivity index (χ4n) is 2.82. The topological polar surface area (TPSA) is 55.8 Å². The first-order valence-corrected chi connectivity index (χ1v) is 8.65. The Kier molecular flexibility index (Phi) is 9.94. The molecule has 4 nitrogen and oxygen atoms in total. The van der Waals surface area contributed by atoms with Crippen molar-refractivity contribution in [2.75, 3.05) is 0 Å². The molecule has 0 aliphatic carbocycles. The van der Waals surface area contributed by atoms with Crippen LogP contribution in [0.3, 0.4) is 0 Å². The van der Waals surface area contributed by atoms with Crippen molar-refractivity contribution in [2.45, 2.75) is 105 Å². The third-order valence-corrected chi connectivity index (χ3v) is 3.44. The SMILES string of the molecule is CCCCCCCCC(OOC(C)(C)CC(C)(C)C)C(=O)O. The van der Waals surface area contributed by atoms with E-state index in [4.69, 9.17) is 9.78 Å². The van der Waals surface area contributed by atoms with Crippen LogP contribution in [0.15, 0.2) is 0 Å². The summed E-state index contributed by atoms with van der Waals surface area (Å²) in [5.41, 5.74) is -0.391. The van der Waals surface area contributed by atoms with Gasteiger partial charge in [-0.2, -0.15) is 0 Å². The van der Waals surface area contributed by atoms with Crippen molar-refractivity contribution in [3.8, 4) is 0 Å². The van der Waals surface area contributed by atoms with E-state index in [1.54, 1.807) is 0 Å². The van der Waals surface area contributed by atoms with Gasteiger partial charge >= 0.3 is 5.97 Å². The minimum absolute atomic E-state index is 0.102. The molecular weight excluding hydrogens is 280 g/mol. The van der Waals surface area contributed by atoms with E-state index in [9.17, 15) is 9.90 Å². The summed E-state index contributed by atoms with van der Waals surface area (Å²) >= 11 is 0. The molecule has 0 aromatic carbocycles. The molecule has 4 heteroatoms. The van der Waals surface area contributed by atoms with Gasteiger partial charge in [-0.3, -0.25) is 0 Å². The molecule has 0 amide bonds. The van der Waals surface area contributed by atoms with Crippen LogP contribution in [0.4, 0.5) is 0 Å². The molecule has 0 bridgehead atoms. The number of carboxylic acids is 1. The molecule has 22 heavy (non-hydrogen) atoms. The van der Waals surface area contributed by atoms with Crippen molar-refractivity contribution in [3.63, 3.8) is 0 Å². The van der Waals surface area contributed by atoms with E-state index in [1.807, 2.05) is 13.8 Å². The van der Waals surface area contributed by atoms with Gasteiger partial charge in [0.15, 0.2) is 6.10 Å². The second kappa shape index (κ2) is 10.2. The van der Waals surface area contributed by atoms with Crippen LogP contribution >= 0.6 is 0 Å². The summed E-state index contributed by atoms with van der Waals surface area (Å²) in [6, 6.07) is 0. The number of carboxylic acid groups (broad SMARTS) is 1. The average Bonchev–Trinajstić information content (AvgIpc) is 2.33. The lowest BCUT2D eigenvalue weighted by Gasteiger charge is -2.31. The van der Waals surface area contributed by atoms with Crippen LogP contribution in [0.5, 0.6) is 0 Å². The summed E-state index contributed by atoms with van der Waals surface area (Å²) in [5.74, 6) is -0.944. The third kappa shape index (κ3) is 12.0. The normalized spacial score (nSPS) is 14.1. The second-order valence-corrected chi connectivity index (χ2v) is 8.06. The smallest absolute Gasteiger partial charge is 0.336 e. The quantitative estimate of drug-likeness (QED) is 0.299. The van der Waals surface area contributed by atoms with Gasteiger partial charge in [-0.05, 0) is 32.1 Å². The Morgan fingerprint density at radius 2 is 1.55 bits per heavy atom. The van der Waals surface area contributed by atoms with Gasteiger partial charge in [-0.25, -0.2) is 14.6 Å². The molecule has 0 fully saturated rings. The highest BCUT2D eigenvalue weighted by molar-refractivity contribution is 5.72. The molecule has 1 unspecified atom stereocenters. The molecule has 0 aromatic heterocycles. The van der Waals surface area contributed by atoms with Gasteiger partial charge in [0, 0.05) is 0 Å². The molecule has 1 N–H and O–H groups in total. The van der Waals surface area contributed by atoms with E-state index in [1.165, 1.54) is 19.3 Å². The molecule has 0 aromatic rings. The van der Waals surface area contributed by atoms with Crippen LogP contribution < -0.4 is 0 Å². The van der Waals surface area contributed by atoms with E-state index in [-0.39, 0.29) is 5.41 Å². The van der Waals surface area contributed by atoms with Crippen LogP contribution in [0.1, 0.15) is 92.9 Å². The summed E-state index contributed by atoms with van der Waals surface area (Å²) in [4.78, 5) is 21.9. The Hall–Kier alpha value is -0.610. The first-order chi connectivity index (χ1) is 10.1. The van der Waals surface area contributed by atoms with Gasteiger partial charge in [0.25, 0.3) is 0 Å². The van der Waals surface area contributed by atoms with Crippen molar-refractivity contribution in [1.29, 1.82) is 0 Å². The molecule has 0 radical (unpaired) electrons. The highest BCUT2D eigenvalue weighted by Gasteiger charge is 2.30. The van der Waals surface area contributed by atoms with Gasteiger partial charge in [-0.1, -0.05) is 66.2 Å². The van der Waals surface area contributed by atoms with Gasteiger partial charge < -0.3 is 5.11 Å². The zero-order valence-electron chi connectivity index (χ0n) is 15.4. The number of hydrogen-bond donors (Lipinski definition) is 1. The lowest BCUT2D eigenvalue weighted by Crippen LogP contribution is -2.34. The maximum atomic E-state index is 11.3. The first-order valence-electron chi connectivity index (χ1n) is 8.65. The number of hydrogen-bond acceptors (Lipinski definition) is 3. The fourth-order valence-corrected chi connectivity index (χ4v) is 2.82. The van der Waals surface area contributed by atoms with E-state index in [0.29, 0.717) is 6.42 Å². The Bertz CT molecular complexity index is 305. The summed E-state index contributed by atoms with van der Waals surface area (Å²) in [5, 5.41) is 9.24. The average molecular weight is 316 g/mol. The lowest BCUT2D eigenvalue weighted by atomic mass is 9.84. The number of rotatable bonds is 12. The van der Waals surface area contributed by atoms with Gasteiger partial charge in [-0.15, -0.1) is 0 Å². The highest BCUT2D eigenvalue weighted by atomic mass is 17.2. The zero-order valence-corrected chi connectivity index (χ0v) is 15.4. The third-order valence-electron chi connectivity index (χ3n) is 3.44. The van der Waals surface area contributed by atoms with Crippen molar-refractivity contribution in [3.05, 3.63) is 0 Å².